The summed E-state index contributed by atoms with van der Waals surface area (Å²) < 4.78 is 20.8. The summed E-state index contributed by atoms with van der Waals surface area (Å²) in [7, 11) is 0. The van der Waals surface area contributed by atoms with E-state index in [0.717, 1.165) is 0 Å². The van der Waals surface area contributed by atoms with Crippen LogP contribution in [0.2, 0.25) is 0 Å². The lowest BCUT2D eigenvalue weighted by Crippen LogP contribution is -2.64. The normalized spacial score (nSPS) is 44.2. The fraction of sp³-hybridized carbons (Fsp3) is 0.731. The van der Waals surface area contributed by atoms with E-state index in [-0.39, 0.29) is 36.5 Å². The van der Waals surface area contributed by atoms with Gasteiger partial charge in [-0.05, 0) is 55.6 Å². The van der Waals surface area contributed by atoms with Gasteiger partial charge in [0.2, 0.25) is 11.6 Å². The Labute approximate surface area is 194 Å². The minimum atomic E-state index is -1.51. The summed E-state index contributed by atoms with van der Waals surface area (Å²) in [5.41, 5.74) is -2.70. The number of allylic oxidation sites excluding steroid dienone is 4. The molecule has 3 saturated carbocycles. The molecule has 0 amide bonds. The van der Waals surface area contributed by atoms with Gasteiger partial charge in [0.05, 0.1) is 6.10 Å². The number of ether oxygens (including phenoxy) is 1. The highest BCUT2D eigenvalue weighted by Crippen LogP contribution is 2.69. The fourth-order valence-corrected chi connectivity index (χ4v) is 8.15. The van der Waals surface area contributed by atoms with Crippen LogP contribution in [0.4, 0.5) is 4.39 Å². The van der Waals surface area contributed by atoms with Crippen molar-refractivity contribution < 1.29 is 33.7 Å². The van der Waals surface area contributed by atoms with Crippen LogP contribution in [0.15, 0.2) is 23.6 Å². The van der Waals surface area contributed by atoms with Crippen LogP contribution in [0.1, 0.15) is 66.2 Å². The Balaban J connectivity index is 1.79. The van der Waals surface area contributed by atoms with Crippen LogP contribution in [0.25, 0.3) is 0 Å². The lowest BCUT2D eigenvalue weighted by Gasteiger charge is -2.60. The van der Waals surface area contributed by atoms with E-state index in [1.165, 1.54) is 6.08 Å². The number of halogens is 1. The Morgan fingerprint density at radius 1 is 1.30 bits per heavy atom. The number of carbonyl (C=O) groups is 3. The second-order valence-corrected chi connectivity index (χ2v) is 11.0. The van der Waals surface area contributed by atoms with E-state index in [4.69, 9.17) is 4.74 Å². The van der Waals surface area contributed by atoms with E-state index >= 15 is 0 Å². The van der Waals surface area contributed by atoms with Crippen molar-refractivity contribution in [3.05, 3.63) is 23.6 Å². The Kier molecular flexibility index (Phi) is 5.97. The zero-order valence-electron chi connectivity index (χ0n) is 19.9. The van der Waals surface area contributed by atoms with Gasteiger partial charge in [0.15, 0.2) is 11.4 Å². The molecule has 182 valence electrons. The third-order valence-electron chi connectivity index (χ3n) is 9.41. The smallest absolute Gasteiger partial charge is 0.306 e. The molecule has 0 heterocycles. The van der Waals surface area contributed by atoms with E-state index in [1.807, 2.05) is 27.7 Å². The minimum Gasteiger partial charge on any atom is -0.450 e. The maximum Gasteiger partial charge on any atom is 0.306 e. The van der Waals surface area contributed by atoms with Crippen molar-refractivity contribution in [1.29, 1.82) is 0 Å². The molecule has 3 fully saturated rings. The number of carbonyl (C=O) groups excluding carboxylic acids is 3. The second-order valence-electron chi connectivity index (χ2n) is 11.0. The molecule has 0 saturated heterocycles. The standard InChI is InChI=1S/C26H35FO6/c1-5-6-21(32)33-26(20(31)13-28)14(2)11-17-15-7-8-16-23(27)18(29)9-10-24(16,3)22(15)19(30)12-25(17,26)4/h9-10,14-15,17,19,22,28,30H,5-8,11-13H2,1-4H3/t14-,15-,17-,19-,22+,24-,25-,26+/m0/s1. The number of aliphatic hydroxyl groups excluding tert-OH is 2. The van der Waals surface area contributed by atoms with Gasteiger partial charge in [0, 0.05) is 29.1 Å². The average Bonchev–Trinajstić information content (AvgIpc) is 2.97. The van der Waals surface area contributed by atoms with Crippen molar-refractivity contribution >= 4 is 17.5 Å². The zero-order valence-corrected chi connectivity index (χ0v) is 19.9. The van der Waals surface area contributed by atoms with Crippen molar-refractivity contribution in [3.63, 3.8) is 0 Å². The number of hydrogen-bond acceptors (Lipinski definition) is 6. The maximum absolute atomic E-state index is 14.8. The molecule has 0 aromatic heterocycles. The first kappa shape index (κ1) is 24.3. The molecule has 0 bridgehead atoms. The van der Waals surface area contributed by atoms with E-state index in [2.05, 4.69) is 0 Å². The average molecular weight is 463 g/mol. The highest BCUT2D eigenvalue weighted by atomic mass is 19.1. The third-order valence-corrected chi connectivity index (χ3v) is 9.41. The molecule has 6 nitrogen and oxygen atoms in total. The molecule has 0 aliphatic heterocycles. The molecular weight excluding hydrogens is 427 g/mol. The predicted molar refractivity (Wildman–Crippen MR) is 118 cm³/mol. The molecule has 2 N–H and O–H groups in total. The number of Topliss-reactive ketones (excluding diaryl/α,β-unsaturated/α-hetero) is 1. The van der Waals surface area contributed by atoms with Gasteiger partial charge in [-0.1, -0.05) is 33.8 Å². The molecule has 4 aliphatic carbocycles. The molecular formula is C26H35FO6. The number of rotatable bonds is 5. The van der Waals surface area contributed by atoms with Crippen LogP contribution in [0.5, 0.6) is 0 Å². The van der Waals surface area contributed by atoms with Gasteiger partial charge < -0.3 is 14.9 Å². The van der Waals surface area contributed by atoms with Gasteiger partial charge in [-0.3, -0.25) is 14.4 Å². The Morgan fingerprint density at radius 2 is 2.00 bits per heavy atom. The van der Waals surface area contributed by atoms with Gasteiger partial charge in [-0.2, -0.15) is 0 Å². The molecule has 4 aliphatic rings. The molecule has 0 radical (unpaired) electrons. The van der Waals surface area contributed by atoms with E-state index in [0.29, 0.717) is 31.3 Å². The van der Waals surface area contributed by atoms with Crippen LogP contribution in [-0.4, -0.2) is 46.1 Å². The Bertz CT molecular complexity index is 939. The van der Waals surface area contributed by atoms with Crippen molar-refractivity contribution in [2.75, 3.05) is 6.61 Å². The largest absolute Gasteiger partial charge is 0.450 e. The SMILES string of the molecule is CCCC(=O)O[C@@]1(C(=O)CO)[C@@H](C)C[C@H]2[C@@H]3CCC4=C(F)C(=O)C=C[C@]4(C)[C@H]3[C@@H](O)C[C@@]21C. The first-order valence-electron chi connectivity index (χ1n) is 12.1. The molecule has 0 spiro atoms. The molecule has 7 heteroatoms. The highest BCUT2D eigenvalue weighted by Gasteiger charge is 2.72. The molecule has 0 aromatic carbocycles. The maximum atomic E-state index is 14.8. The van der Waals surface area contributed by atoms with Crippen LogP contribution in [0.3, 0.4) is 0 Å². The van der Waals surface area contributed by atoms with Gasteiger partial charge in [0.25, 0.3) is 0 Å². The van der Waals surface area contributed by atoms with Crippen LogP contribution < -0.4 is 0 Å². The summed E-state index contributed by atoms with van der Waals surface area (Å²) in [6.45, 7) is 6.79. The first-order valence-corrected chi connectivity index (χ1v) is 12.1. The summed E-state index contributed by atoms with van der Waals surface area (Å²) in [5, 5.41) is 21.4. The summed E-state index contributed by atoms with van der Waals surface area (Å²) >= 11 is 0. The van der Waals surface area contributed by atoms with Gasteiger partial charge >= 0.3 is 5.97 Å². The number of fused-ring (bicyclic) bond motifs is 5. The van der Waals surface area contributed by atoms with Gasteiger partial charge in [-0.25, -0.2) is 4.39 Å². The topological polar surface area (TPSA) is 101 Å². The van der Waals surface area contributed by atoms with Crippen molar-refractivity contribution in [1.82, 2.24) is 0 Å². The van der Waals surface area contributed by atoms with Crippen LogP contribution >= 0.6 is 0 Å². The minimum absolute atomic E-state index is 0.0427. The van der Waals surface area contributed by atoms with Crippen LogP contribution in [0, 0.1) is 34.5 Å². The quantitative estimate of drug-likeness (QED) is 0.607. The van der Waals surface area contributed by atoms with Crippen molar-refractivity contribution in [2.45, 2.75) is 77.9 Å². The third kappa shape index (κ3) is 3.14. The second kappa shape index (κ2) is 8.12. The zero-order chi connectivity index (χ0) is 24.3. The number of aliphatic hydroxyl groups is 2. The van der Waals surface area contributed by atoms with E-state index < -0.39 is 52.5 Å². The number of ketones is 2. The summed E-state index contributed by atoms with van der Waals surface area (Å²) in [6.07, 6.45) is 4.66. The summed E-state index contributed by atoms with van der Waals surface area (Å²) in [4.78, 5) is 37.9. The van der Waals surface area contributed by atoms with E-state index in [1.54, 1.807) is 6.08 Å². The van der Waals surface area contributed by atoms with Crippen molar-refractivity contribution in [3.8, 4) is 0 Å². The van der Waals surface area contributed by atoms with Crippen LogP contribution in [-0.2, 0) is 19.1 Å². The first-order chi connectivity index (χ1) is 15.5. The molecule has 8 atom stereocenters. The number of hydrogen-bond donors (Lipinski definition) is 2. The van der Waals surface area contributed by atoms with E-state index in [9.17, 15) is 29.0 Å². The van der Waals surface area contributed by atoms with Gasteiger partial charge in [-0.15, -0.1) is 0 Å². The highest BCUT2D eigenvalue weighted by molar-refractivity contribution is 6.04. The summed E-state index contributed by atoms with van der Waals surface area (Å²) in [6, 6.07) is 0. The van der Waals surface area contributed by atoms with Gasteiger partial charge in [0.1, 0.15) is 6.61 Å². The monoisotopic (exact) mass is 462 g/mol. The Morgan fingerprint density at radius 3 is 2.64 bits per heavy atom. The summed E-state index contributed by atoms with van der Waals surface area (Å²) in [5.74, 6) is -3.07. The number of esters is 1. The van der Waals surface area contributed by atoms with Crippen molar-refractivity contribution in [2.24, 2.45) is 34.5 Å². The molecule has 33 heavy (non-hydrogen) atoms. The lowest BCUT2D eigenvalue weighted by molar-refractivity contribution is -0.205. The molecule has 4 rings (SSSR count). The Hall–Kier alpha value is -1.86. The lowest BCUT2D eigenvalue weighted by atomic mass is 9.46. The molecule has 0 unspecified atom stereocenters. The molecule has 0 aromatic rings. The predicted octanol–water partition coefficient (Wildman–Crippen LogP) is 3.45. The fourth-order valence-electron chi connectivity index (χ4n) is 8.15.